The van der Waals surface area contributed by atoms with Crippen LogP contribution >= 0.6 is 22.9 Å². The van der Waals surface area contributed by atoms with Gasteiger partial charge in [0, 0.05) is 0 Å². The Kier molecular flexibility index (Phi) is 5.41. The lowest BCUT2D eigenvalue weighted by molar-refractivity contribution is 0.0606. The zero-order chi connectivity index (χ0) is 15.2. The minimum absolute atomic E-state index is 0.0637. The van der Waals surface area contributed by atoms with Crippen molar-refractivity contribution < 1.29 is 19.0 Å². The molecule has 0 radical (unpaired) electrons. The smallest absolute Gasteiger partial charge is 0.351 e. The second kappa shape index (κ2) is 7.28. The average Bonchev–Trinajstić information content (AvgIpc) is 2.86. The monoisotopic (exact) mass is 327 g/mol. The van der Waals surface area contributed by atoms with Crippen molar-refractivity contribution in [2.24, 2.45) is 0 Å². The van der Waals surface area contributed by atoms with Crippen LogP contribution in [0, 0.1) is 0 Å². The maximum absolute atomic E-state index is 11.5. The van der Waals surface area contributed by atoms with Crippen LogP contribution in [0.2, 0.25) is 5.15 Å². The van der Waals surface area contributed by atoms with Crippen molar-refractivity contribution in [2.45, 2.75) is 13.3 Å². The van der Waals surface area contributed by atoms with Crippen molar-refractivity contribution in [3.05, 3.63) is 34.3 Å². The molecule has 1 aromatic heterocycles. The van der Waals surface area contributed by atoms with Gasteiger partial charge in [0.2, 0.25) is 0 Å². The van der Waals surface area contributed by atoms with E-state index in [2.05, 4.69) is 9.72 Å². The third-order valence-electron chi connectivity index (χ3n) is 2.45. The summed E-state index contributed by atoms with van der Waals surface area (Å²) >= 11 is 6.92. The lowest BCUT2D eigenvalue weighted by atomic mass is 10.3. The van der Waals surface area contributed by atoms with Crippen LogP contribution in [0.1, 0.15) is 23.0 Å². The Balaban J connectivity index is 2.20. The summed E-state index contributed by atoms with van der Waals surface area (Å²) < 4.78 is 15.9. The van der Waals surface area contributed by atoms with Crippen LogP contribution in [-0.4, -0.2) is 24.7 Å². The van der Waals surface area contributed by atoms with Crippen LogP contribution < -0.4 is 9.47 Å². The van der Waals surface area contributed by atoms with E-state index in [0.29, 0.717) is 18.1 Å². The molecule has 0 saturated heterocycles. The highest BCUT2D eigenvalue weighted by Gasteiger charge is 2.19. The summed E-state index contributed by atoms with van der Waals surface area (Å²) in [4.78, 5) is 15.7. The molecule has 21 heavy (non-hydrogen) atoms. The second-order valence-corrected chi connectivity index (χ2v) is 5.31. The van der Waals surface area contributed by atoms with Gasteiger partial charge in [0.1, 0.15) is 0 Å². The van der Waals surface area contributed by atoms with Crippen molar-refractivity contribution >= 4 is 28.9 Å². The van der Waals surface area contributed by atoms with E-state index < -0.39 is 5.97 Å². The van der Waals surface area contributed by atoms with Gasteiger partial charge in [0.05, 0.1) is 13.7 Å². The van der Waals surface area contributed by atoms with Crippen LogP contribution in [0.25, 0.3) is 0 Å². The Morgan fingerprint density at radius 1 is 1.33 bits per heavy atom. The number of thiazole rings is 1. The van der Waals surface area contributed by atoms with Crippen LogP contribution in [0.5, 0.6) is 16.7 Å². The molecule has 0 aliphatic carbocycles. The van der Waals surface area contributed by atoms with Crippen LogP contribution in [0.3, 0.4) is 0 Å². The second-order valence-electron chi connectivity index (χ2n) is 3.99. The van der Waals surface area contributed by atoms with Gasteiger partial charge in [0.25, 0.3) is 5.19 Å². The van der Waals surface area contributed by atoms with Crippen molar-refractivity contribution in [3.8, 4) is 16.7 Å². The summed E-state index contributed by atoms with van der Waals surface area (Å²) in [7, 11) is 1.28. The number of para-hydroxylation sites is 2. The first-order valence-electron chi connectivity index (χ1n) is 6.30. The van der Waals surface area contributed by atoms with Gasteiger partial charge < -0.3 is 14.2 Å². The van der Waals surface area contributed by atoms with E-state index in [4.69, 9.17) is 21.1 Å². The van der Waals surface area contributed by atoms with Crippen LogP contribution in [0.4, 0.5) is 0 Å². The van der Waals surface area contributed by atoms with Crippen LogP contribution in [0.15, 0.2) is 24.3 Å². The van der Waals surface area contributed by atoms with E-state index in [0.717, 1.165) is 17.8 Å². The molecule has 0 unspecified atom stereocenters. The molecule has 2 rings (SSSR count). The first-order valence-corrected chi connectivity index (χ1v) is 7.49. The molecule has 0 atom stereocenters. The summed E-state index contributed by atoms with van der Waals surface area (Å²) in [6.07, 6.45) is 0.893. The largest absolute Gasteiger partial charge is 0.490 e. The fourth-order valence-corrected chi connectivity index (χ4v) is 2.56. The zero-order valence-corrected chi connectivity index (χ0v) is 13.2. The van der Waals surface area contributed by atoms with Gasteiger partial charge in [-0.3, -0.25) is 0 Å². The Hall–Kier alpha value is -1.79. The minimum atomic E-state index is -0.539. The number of hydrogen-bond acceptors (Lipinski definition) is 6. The number of halogens is 1. The highest BCUT2D eigenvalue weighted by Crippen LogP contribution is 2.36. The number of carbonyl (C=O) groups is 1. The standard InChI is InChI=1S/C14H14ClNO4S/c1-3-8-19-9-6-4-5-7-10(9)20-14-16-12(15)11(21-14)13(17)18-2/h4-7H,3,8H2,1-2H3. The van der Waals surface area contributed by atoms with Crippen molar-refractivity contribution in [2.75, 3.05) is 13.7 Å². The number of rotatable bonds is 6. The van der Waals surface area contributed by atoms with Gasteiger partial charge >= 0.3 is 5.97 Å². The fraction of sp³-hybridized carbons (Fsp3) is 0.286. The van der Waals surface area contributed by atoms with E-state index in [1.165, 1.54) is 7.11 Å². The summed E-state index contributed by atoms with van der Waals surface area (Å²) in [5, 5.41) is 0.321. The van der Waals surface area contributed by atoms with E-state index in [1.807, 2.05) is 19.1 Å². The molecule has 1 aromatic carbocycles. The number of benzene rings is 1. The van der Waals surface area contributed by atoms with E-state index in [9.17, 15) is 4.79 Å². The molecule has 0 saturated carbocycles. The predicted octanol–water partition coefficient (Wildman–Crippen LogP) is 4.16. The third kappa shape index (κ3) is 3.86. The van der Waals surface area contributed by atoms with E-state index in [-0.39, 0.29) is 15.2 Å². The van der Waals surface area contributed by atoms with E-state index >= 15 is 0 Å². The molecular weight excluding hydrogens is 314 g/mol. The Labute approximate surface area is 131 Å². The van der Waals surface area contributed by atoms with Gasteiger partial charge in [0.15, 0.2) is 21.5 Å². The number of esters is 1. The molecule has 0 bridgehead atoms. The van der Waals surface area contributed by atoms with Gasteiger partial charge in [-0.05, 0) is 18.6 Å². The summed E-state index contributed by atoms with van der Waals surface area (Å²) in [6.45, 7) is 2.61. The molecule has 112 valence electrons. The molecule has 7 heteroatoms. The number of aromatic nitrogens is 1. The zero-order valence-electron chi connectivity index (χ0n) is 11.6. The van der Waals surface area contributed by atoms with Gasteiger partial charge in [-0.1, -0.05) is 42.0 Å². The lowest BCUT2D eigenvalue weighted by Crippen LogP contribution is -1.98. The molecule has 0 aliphatic heterocycles. The third-order valence-corrected chi connectivity index (χ3v) is 3.74. The molecule has 0 N–H and O–H groups in total. The molecule has 0 aliphatic rings. The molecule has 0 amide bonds. The SMILES string of the molecule is CCCOc1ccccc1Oc1nc(Cl)c(C(=O)OC)s1. The maximum atomic E-state index is 11.5. The quantitative estimate of drug-likeness (QED) is 0.745. The highest BCUT2D eigenvalue weighted by atomic mass is 35.5. The Bertz CT molecular complexity index is 629. The topological polar surface area (TPSA) is 57.7 Å². The number of hydrogen-bond donors (Lipinski definition) is 0. The fourth-order valence-electron chi connectivity index (χ4n) is 1.51. The average molecular weight is 328 g/mol. The number of nitrogens with zero attached hydrogens (tertiary/aromatic N) is 1. The summed E-state index contributed by atoms with van der Waals surface area (Å²) in [5.74, 6) is 0.598. The highest BCUT2D eigenvalue weighted by molar-refractivity contribution is 7.15. The molecule has 2 aromatic rings. The number of carbonyl (C=O) groups excluding carboxylic acids is 1. The number of methoxy groups -OCH3 is 1. The number of ether oxygens (including phenoxy) is 3. The minimum Gasteiger partial charge on any atom is -0.490 e. The first-order chi connectivity index (χ1) is 10.2. The lowest BCUT2D eigenvalue weighted by Gasteiger charge is -2.09. The van der Waals surface area contributed by atoms with Gasteiger partial charge in [-0.15, -0.1) is 0 Å². The van der Waals surface area contributed by atoms with Gasteiger partial charge in [-0.2, -0.15) is 4.98 Å². The molecule has 0 fully saturated rings. The molecule has 0 spiro atoms. The van der Waals surface area contributed by atoms with Gasteiger partial charge in [-0.25, -0.2) is 4.79 Å². The maximum Gasteiger partial charge on any atom is 0.351 e. The Morgan fingerprint density at radius 3 is 2.71 bits per heavy atom. The predicted molar refractivity (Wildman–Crippen MR) is 80.8 cm³/mol. The van der Waals surface area contributed by atoms with Crippen LogP contribution in [-0.2, 0) is 4.74 Å². The molecular formula is C14H14ClNO4S. The molecule has 1 heterocycles. The summed E-state index contributed by atoms with van der Waals surface area (Å²) in [5.41, 5.74) is 0. The Morgan fingerprint density at radius 2 is 2.05 bits per heavy atom. The molecule has 5 nitrogen and oxygen atoms in total. The first kappa shape index (κ1) is 15.6. The normalized spacial score (nSPS) is 10.2. The van der Waals surface area contributed by atoms with Crippen molar-refractivity contribution in [3.63, 3.8) is 0 Å². The summed E-state index contributed by atoms with van der Waals surface area (Å²) in [6, 6.07) is 7.25. The van der Waals surface area contributed by atoms with E-state index in [1.54, 1.807) is 12.1 Å². The van der Waals surface area contributed by atoms with Crippen molar-refractivity contribution in [1.82, 2.24) is 4.98 Å². The van der Waals surface area contributed by atoms with Crippen molar-refractivity contribution in [1.29, 1.82) is 0 Å².